The summed E-state index contributed by atoms with van der Waals surface area (Å²) in [5.74, 6) is 0.554. The molecule has 0 aliphatic rings. The van der Waals surface area contributed by atoms with Crippen molar-refractivity contribution in [1.29, 1.82) is 0 Å². The van der Waals surface area contributed by atoms with E-state index in [0.29, 0.717) is 18.2 Å². The van der Waals surface area contributed by atoms with Crippen molar-refractivity contribution in [3.63, 3.8) is 0 Å². The molecular weight excluding hydrogens is 299 g/mol. The van der Waals surface area contributed by atoms with E-state index in [1.54, 1.807) is 0 Å². The van der Waals surface area contributed by atoms with Gasteiger partial charge in [-0.3, -0.25) is 0 Å². The van der Waals surface area contributed by atoms with Crippen LogP contribution >= 0.6 is 0 Å². The molecule has 2 aromatic heterocycles. The van der Waals surface area contributed by atoms with Crippen molar-refractivity contribution in [3.8, 4) is 0 Å². The lowest BCUT2D eigenvalue weighted by Gasteiger charge is -2.10. The Balaban J connectivity index is 0.00000127. The molecule has 0 spiro atoms. The number of halogens is 1. The van der Waals surface area contributed by atoms with Crippen LogP contribution in [0, 0.1) is 12.7 Å². The number of aromatic nitrogens is 4. The van der Waals surface area contributed by atoms with E-state index in [9.17, 15) is 4.39 Å². The van der Waals surface area contributed by atoms with Gasteiger partial charge in [0.05, 0.1) is 24.1 Å². The largest absolute Gasteiger partial charge is 0.383 e. The van der Waals surface area contributed by atoms with Crippen LogP contribution in [0.25, 0.3) is 6.08 Å². The van der Waals surface area contributed by atoms with Crippen LogP contribution in [0.4, 0.5) is 10.2 Å². The van der Waals surface area contributed by atoms with Crippen molar-refractivity contribution in [3.05, 3.63) is 47.7 Å². The molecule has 7 nitrogen and oxygen atoms in total. The summed E-state index contributed by atoms with van der Waals surface area (Å²) in [5, 5.41) is 3.21. The average Bonchev–Trinajstić information content (AvgIpc) is 2.56. The quantitative estimate of drug-likeness (QED) is 0.859. The summed E-state index contributed by atoms with van der Waals surface area (Å²) in [4.78, 5) is 23.9. The minimum Gasteiger partial charge on any atom is -0.383 e. The summed E-state index contributed by atoms with van der Waals surface area (Å²) in [6.07, 6.45) is 7.54. The van der Waals surface area contributed by atoms with Crippen molar-refractivity contribution in [2.75, 3.05) is 12.3 Å². The highest BCUT2D eigenvalue weighted by Gasteiger charge is 2.07. The molecule has 2 aromatic rings. The van der Waals surface area contributed by atoms with Crippen LogP contribution < -0.4 is 11.1 Å². The minimum atomic E-state index is -0.444. The molecule has 1 unspecified atom stereocenters. The first kappa shape index (κ1) is 18.3. The second-order valence-electron chi connectivity index (χ2n) is 4.55. The fraction of sp³-hybridized carbons (Fsp3) is 0.267. The van der Waals surface area contributed by atoms with Crippen molar-refractivity contribution in [2.45, 2.75) is 19.9 Å². The van der Waals surface area contributed by atoms with E-state index in [1.165, 1.54) is 6.33 Å². The monoisotopic (exact) mass is 318 g/mol. The molecule has 0 aliphatic carbocycles. The number of nitrogens with two attached hydrogens (primary N) is 1. The van der Waals surface area contributed by atoms with Gasteiger partial charge < -0.3 is 15.8 Å². The number of nitrogen functional groups attached to an aromatic ring is 1. The molecule has 2 heterocycles. The van der Waals surface area contributed by atoms with Crippen LogP contribution in [0.1, 0.15) is 30.0 Å². The molecule has 0 aromatic carbocycles. The Morgan fingerprint density at radius 3 is 2.57 bits per heavy atom. The van der Waals surface area contributed by atoms with Gasteiger partial charge in [-0.05, 0) is 13.8 Å². The number of hydrogen-bond acceptors (Lipinski definition) is 7. The molecule has 0 aliphatic heterocycles. The van der Waals surface area contributed by atoms with E-state index in [0.717, 1.165) is 23.7 Å². The molecule has 8 heteroatoms. The van der Waals surface area contributed by atoms with Crippen molar-refractivity contribution in [2.24, 2.45) is 0 Å². The van der Waals surface area contributed by atoms with Crippen LogP contribution in [0.3, 0.4) is 0 Å². The number of hydrogen-bond donors (Lipinski definition) is 2. The molecule has 23 heavy (non-hydrogen) atoms. The Bertz CT molecular complexity index is 627. The maximum absolute atomic E-state index is 12.7. The van der Waals surface area contributed by atoms with Gasteiger partial charge in [0, 0.05) is 12.1 Å². The second kappa shape index (κ2) is 9.31. The van der Waals surface area contributed by atoms with Gasteiger partial charge in [-0.2, -0.15) is 0 Å². The minimum absolute atomic E-state index is 0.0827. The molecule has 0 bridgehead atoms. The van der Waals surface area contributed by atoms with Crippen molar-refractivity contribution >= 4 is 18.7 Å². The summed E-state index contributed by atoms with van der Waals surface area (Å²) >= 11 is 0. The summed E-state index contributed by atoms with van der Waals surface area (Å²) in [7, 11) is 0. The zero-order chi connectivity index (χ0) is 17.2. The highest BCUT2D eigenvalue weighted by Crippen LogP contribution is 2.12. The third kappa shape index (κ3) is 5.51. The van der Waals surface area contributed by atoms with E-state index in [2.05, 4.69) is 25.3 Å². The fourth-order valence-electron chi connectivity index (χ4n) is 1.77. The van der Waals surface area contributed by atoms with E-state index >= 15 is 0 Å². The first-order chi connectivity index (χ1) is 11.1. The zero-order valence-electron chi connectivity index (χ0n) is 13.0. The van der Waals surface area contributed by atoms with E-state index in [4.69, 9.17) is 10.5 Å². The predicted molar refractivity (Wildman–Crippen MR) is 85.7 cm³/mol. The van der Waals surface area contributed by atoms with Crippen LogP contribution in [-0.2, 0) is 4.79 Å². The van der Waals surface area contributed by atoms with Crippen molar-refractivity contribution in [1.82, 2.24) is 25.3 Å². The van der Waals surface area contributed by atoms with Crippen LogP contribution in [0.15, 0.2) is 24.8 Å². The normalized spacial score (nSPS) is 11.8. The topological polar surface area (TPSA) is 107 Å². The third-order valence-corrected chi connectivity index (χ3v) is 2.97. The predicted octanol–water partition coefficient (Wildman–Crippen LogP) is 1.48. The van der Waals surface area contributed by atoms with Gasteiger partial charge in [-0.1, -0.05) is 12.2 Å². The molecule has 3 N–H and O–H groups in total. The zero-order valence-corrected chi connectivity index (χ0v) is 13.0. The van der Waals surface area contributed by atoms with Gasteiger partial charge in [0.2, 0.25) is 0 Å². The summed E-state index contributed by atoms with van der Waals surface area (Å²) in [6, 6.07) is -0.0827. The van der Waals surface area contributed by atoms with Gasteiger partial charge in [0.25, 0.3) is 0 Å². The molecular formula is C15H19FN6O. The highest BCUT2D eigenvalue weighted by atomic mass is 19.1. The summed E-state index contributed by atoms with van der Waals surface area (Å²) in [5.41, 5.74) is 7.43. The molecule has 0 saturated heterocycles. The third-order valence-electron chi connectivity index (χ3n) is 2.97. The molecule has 1 atom stereocenters. The first-order valence-corrected chi connectivity index (χ1v) is 6.81. The first-order valence-electron chi connectivity index (χ1n) is 6.81. The number of carbonyl (C=O) groups is 1. The number of carbonyl (C=O) groups excluding carboxylic acids is 1. The van der Waals surface area contributed by atoms with Crippen LogP contribution in [0.2, 0.25) is 0 Å². The number of nitrogens with one attached hydrogen (secondary N) is 1. The fourth-order valence-corrected chi connectivity index (χ4v) is 1.77. The number of nitrogens with zero attached hydrogens (tertiary/aromatic N) is 4. The lowest BCUT2D eigenvalue weighted by molar-refractivity contribution is -0.0979. The SMILES string of the molecule is C=O.Cc1ncnc(N)c1/C=C\CNC(C)c1ncc(F)cn1. The number of rotatable bonds is 5. The number of aryl methyl sites for hydroxylation is 1. The molecule has 0 amide bonds. The van der Waals surface area contributed by atoms with E-state index in [-0.39, 0.29) is 6.04 Å². The van der Waals surface area contributed by atoms with Gasteiger partial charge >= 0.3 is 0 Å². The van der Waals surface area contributed by atoms with Crippen molar-refractivity contribution < 1.29 is 9.18 Å². The van der Waals surface area contributed by atoms with Gasteiger partial charge in [-0.15, -0.1) is 0 Å². The smallest absolute Gasteiger partial charge is 0.159 e. The Morgan fingerprint density at radius 1 is 1.30 bits per heavy atom. The number of anilines is 1. The van der Waals surface area contributed by atoms with Gasteiger partial charge in [0.15, 0.2) is 5.82 Å². The van der Waals surface area contributed by atoms with Gasteiger partial charge in [-0.25, -0.2) is 24.3 Å². The maximum atomic E-state index is 12.7. The lowest BCUT2D eigenvalue weighted by atomic mass is 10.2. The highest BCUT2D eigenvalue weighted by molar-refractivity contribution is 5.62. The molecule has 0 radical (unpaired) electrons. The Kier molecular flexibility index (Phi) is 7.41. The Hall–Kier alpha value is -2.74. The summed E-state index contributed by atoms with van der Waals surface area (Å²) < 4.78 is 12.7. The van der Waals surface area contributed by atoms with E-state index in [1.807, 2.05) is 32.8 Å². The summed E-state index contributed by atoms with van der Waals surface area (Å²) in [6.45, 7) is 6.38. The second-order valence-corrected chi connectivity index (χ2v) is 4.55. The maximum Gasteiger partial charge on any atom is 0.159 e. The van der Waals surface area contributed by atoms with Gasteiger partial charge in [0.1, 0.15) is 24.8 Å². The molecule has 2 rings (SSSR count). The lowest BCUT2D eigenvalue weighted by Crippen LogP contribution is -2.20. The molecule has 122 valence electrons. The molecule has 0 saturated carbocycles. The van der Waals surface area contributed by atoms with Crippen LogP contribution in [0.5, 0.6) is 0 Å². The average molecular weight is 318 g/mol. The Labute approximate surface area is 133 Å². The Morgan fingerprint density at radius 2 is 1.96 bits per heavy atom. The van der Waals surface area contributed by atoms with E-state index < -0.39 is 5.82 Å². The standard InChI is InChI=1S/C14H17FN6.CH2O/c1-9-12(13(16)21-8-20-9)4-3-5-17-10(2)14-18-6-11(15)7-19-14;1-2/h3-4,6-8,10,17H,5H2,1-2H3,(H2,16,20,21);1H2/b4-3-;. The van der Waals surface area contributed by atoms with Crippen LogP contribution in [-0.4, -0.2) is 33.3 Å². The molecule has 0 fully saturated rings.